The van der Waals surface area contributed by atoms with Crippen LogP contribution in [0.4, 0.5) is 13.2 Å². The molecule has 2 aliphatic heterocycles. The molecule has 3 heterocycles. The van der Waals surface area contributed by atoms with Gasteiger partial charge in [-0.1, -0.05) is 23.7 Å². The van der Waals surface area contributed by atoms with Gasteiger partial charge in [0.25, 0.3) is 5.91 Å². The second-order valence-electron chi connectivity index (χ2n) is 8.37. The summed E-state index contributed by atoms with van der Waals surface area (Å²) in [7, 11) is -3.05. The first-order valence-electron chi connectivity index (χ1n) is 10.8. The normalized spacial score (nSPS) is 19.3. The lowest BCUT2D eigenvalue weighted by Crippen LogP contribution is -2.42. The van der Waals surface area contributed by atoms with E-state index in [1.807, 2.05) is 0 Å². The number of aliphatic imine (C=N–C) groups is 1. The summed E-state index contributed by atoms with van der Waals surface area (Å²) < 4.78 is 65.2. The molecule has 0 saturated carbocycles. The minimum absolute atomic E-state index is 0.00543. The summed E-state index contributed by atoms with van der Waals surface area (Å²) in [6.45, 7) is 0.500. The van der Waals surface area contributed by atoms with Gasteiger partial charge in [0, 0.05) is 23.5 Å². The molecule has 3 aromatic rings. The Balaban J connectivity index is 1.35. The largest absolute Gasteiger partial charge is 0.416 e. The van der Waals surface area contributed by atoms with Crippen molar-refractivity contribution in [2.24, 2.45) is 4.99 Å². The van der Waals surface area contributed by atoms with Crippen LogP contribution in [0.3, 0.4) is 0 Å². The molecular formula is C23H18ClF3N4O3S2. The number of carbonyl (C=O) groups is 1. The maximum absolute atomic E-state index is 13.5. The molecular weight excluding hydrogens is 537 g/mol. The van der Waals surface area contributed by atoms with E-state index < -0.39 is 27.5 Å². The van der Waals surface area contributed by atoms with Crippen LogP contribution < -0.4 is 0 Å². The van der Waals surface area contributed by atoms with Crippen LogP contribution in [0, 0.1) is 0 Å². The molecule has 188 valence electrons. The highest BCUT2D eigenvalue weighted by molar-refractivity contribution is 8.18. The van der Waals surface area contributed by atoms with E-state index in [2.05, 4.69) is 10.1 Å². The molecule has 2 aromatic carbocycles. The molecule has 0 radical (unpaired) electrons. The zero-order valence-corrected chi connectivity index (χ0v) is 20.9. The average molecular weight is 555 g/mol. The Bertz CT molecular complexity index is 1530. The Hall–Kier alpha value is -2.83. The van der Waals surface area contributed by atoms with Crippen molar-refractivity contribution in [3.63, 3.8) is 0 Å². The van der Waals surface area contributed by atoms with E-state index in [0.29, 0.717) is 39.6 Å². The zero-order valence-electron chi connectivity index (χ0n) is 18.5. The maximum Gasteiger partial charge on any atom is 0.416 e. The number of hydrogen-bond acceptors (Lipinski definition) is 6. The number of amidine groups is 1. The minimum Gasteiger partial charge on any atom is -0.349 e. The Morgan fingerprint density at radius 3 is 2.58 bits per heavy atom. The lowest BCUT2D eigenvalue weighted by atomic mass is 10.1. The number of benzene rings is 2. The maximum atomic E-state index is 13.5. The summed E-state index contributed by atoms with van der Waals surface area (Å²) in [6.07, 6.45) is -1.31. The van der Waals surface area contributed by atoms with Crippen LogP contribution in [0.15, 0.2) is 52.5 Å². The highest BCUT2D eigenvalue weighted by Gasteiger charge is 2.34. The number of aromatic nitrogens is 2. The van der Waals surface area contributed by atoms with E-state index in [1.54, 1.807) is 35.4 Å². The molecule has 5 rings (SSSR count). The van der Waals surface area contributed by atoms with Crippen LogP contribution >= 0.6 is 23.4 Å². The summed E-state index contributed by atoms with van der Waals surface area (Å²) in [5.41, 5.74) is 0.584. The molecule has 7 nitrogen and oxygen atoms in total. The predicted molar refractivity (Wildman–Crippen MR) is 134 cm³/mol. The van der Waals surface area contributed by atoms with Crippen molar-refractivity contribution < 1.29 is 26.4 Å². The van der Waals surface area contributed by atoms with Gasteiger partial charge in [0.2, 0.25) is 0 Å². The van der Waals surface area contributed by atoms with Gasteiger partial charge in [0.05, 0.1) is 40.2 Å². The molecule has 0 atom stereocenters. The van der Waals surface area contributed by atoms with Crippen molar-refractivity contribution in [1.82, 2.24) is 14.7 Å². The topological polar surface area (TPSA) is 84.6 Å². The van der Waals surface area contributed by atoms with Gasteiger partial charge in [-0.15, -0.1) is 0 Å². The number of sulfone groups is 1. The second kappa shape index (κ2) is 9.24. The van der Waals surface area contributed by atoms with Crippen molar-refractivity contribution in [3.05, 3.63) is 69.2 Å². The van der Waals surface area contributed by atoms with Gasteiger partial charge in [0.1, 0.15) is 0 Å². The van der Waals surface area contributed by atoms with E-state index in [0.717, 1.165) is 6.07 Å². The van der Waals surface area contributed by atoms with Gasteiger partial charge >= 0.3 is 6.18 Å². The SMILES string of the molecule is O=C1N=C(N2CCS(=O)(=O)CC2)SC1=Cc1ccc2c(cnn2Cc2ccc(Cl)cc2C(F)(F)F)c1. The lowest BCUT2D eigenvalue weighted by molar-refractivity contribution is -0.138. The Labute approximate surface area is 213 Å². The number of nitrogens with zero attached hydrogens (tertiary/aromatic N) is 4. The van der Waals surface area contributed by atoms with Crippen LogP contribution in [0.25, 0.3) is 17.0 Å². The van der Waals surface area contributed by atoms with Gasteiger partial charge in [0.15, 0.2) is 15.0 Å². The quantitative estimate of drug-likeness (QED) is 0.445. The first-order valence-corrected chi connectivity index (χ1v) is 13.8. The zero-order chi connectivity index (χ0) is 25.7. The predicted octanol–water partition coefficient (Wildman–Crippen LogP) is 4.46. The number of hydrogen-bond donors (Lipinski definition) is 0. The van der Waals surface area contributed by atoms with Crippen LogP contribution in [0.1, 0.15) is 16.7 Å². The fraction of sp³-hybridized carbons (Fsp3) is 0.261. The van der Waals surface area contributed by atoms with Crippen molar-refractivity contribution >= 4 is 61.3 Å². The highest BCUT2D eigenvalue weighted by Crippen LogP contribution is 2.35. The molecule has 36 heavy (non-hydrogen) atoms. The molecule has 0 N–H and O–H groups in total. The molecule has 0 spiro atoms. The summed E-state index contributed by atoms with van der Waals surface area (Å²) in [4.78, 5) is 18.7. The number of alkyl halides is 3. The highest BCUT2D eigenvalue weighted by atomic mass is 35.5. The van der Waals surface area contributed by atoms with Gasteiger partial charge in [-0.2, -0.15) is 23.3 Å². The molecule has 1 aromatic heterocycles. The first-order chi connectivity index (χ1) is 17.0. The van der Waals surface area contributed by atoms with E-state index in [4.69, 9.17) is 11.6 Å². The number of amides is 1. The third-order valence-electron chi connectivity index (χ3n) is 5.89. The van der Waals surface area contributed by atoms with E-state index in [1.165, 1.54) is 28.6 Å². The average Bonchev–Trinajstić information content (AvgIpc) is 3.37. The van der Waals surface area contributed by atoms with Gasteiger partial charge < -0.3 is 4.90 Å². The first kappa shape index (κ1) is 24.8. The number of thioether (sulfide) groups is 1. The van der Waals surface area contributed by atoms with Crippen LogP contribution in [-0.2, 0) is 27.4 Å². The Morgan fingerprint density at radius 1 is 1.11 bits per heavy atom. The second-order valence-corrected chi connectivity index (χ2v) is 12.1. The van der Waals surface area contributed by atoms with Crippen LogP contribution in [0.5, 0.6) is 0 Å². The molecule has 1 saturated heterocycles. The van der Waals surface area contributed by atoms with Gasteiger partial charge in [-0.25, -0.2) is 8.42 Å². The van der Waals surface area contributed by atoms with E-state index >= 15 is 0 Å². The Morgan fingerprint density at radius 2 is 1.86 bits per heavy atom. The van der Waals surface area contributed by atoms with E-state index in [-0.39, 0.29) is 28.6 Å². The minimum atomic E-state index is -4.54. The molecule has 0 aliphatic carbocycles. The fourth-order valence-electron chi connectivity index (χ4n) is 4.02. The van der Waals surface area contributed by atoms with Crippen molar-refractivity contribution in [2.75, 3.05) is 24.6 Å². The third kappa shape index (κ3) is 5.16. The number of rotatable bonds is 3. The van der Waals surface area contributed by atoms with Crippen molar-refractivity contribution in [1.29, 1.82) is 0 Å². The van der Waals surface area contributed by atoms with Gasteiger partial charge in [-0.3, -0.25) is 9.48 Å². The molecule has 13 heteroatoms. The summed E-state index contributed by atoms with van der Waals surface area (Å²) >= 11 is 6.97. The summed E-state index contributed by atoms with van der Waals surface area (Å²) in [6, 6.07) is 8.94. The monoisotopic (exact) mass is 554 g/mol. The Kier molecular flexibility index (Phi) is 6.38. The molecule has 1 fully saturated rings. The van der Waals surface area contributed by atoms with E-state index in [9.17, 15) is 26.4 Å². The standard InChI is InChI=1S/C23H18ClF3N4O3S2/c24-17-3-2-15(18(11-17)23(25,26)27)13-31-19-4-1-14(9-16(19)12-28-31)10-20-21(32)29-22(35-20)30-5-7-36(33,34)8-6-30/h1-4,9-12H,5-8,13H2. The summed E-state index contributed by atoms with van der Waals surface area (Å²) in [5, 5.41) is 5.44. The molecule has 0 bridgehead atoms. The molecule has 2 aliphatic rings. The van der Waals surface area contributed by atoms with Crippen molar-refractivity contribution in [3.8, 4) is 0 Å². The number of fused-ring (bicyclic) bond motifs is 1. The molecule has 1 amide bonds. The third-order valence-corrected chi connectivity index (χ3v) is 8.77. The van der Waals surface area contributed by atoms with Crippen molar-refractivity contribution in [2.45, 2.75) is 12.7 Å². The van der Waals surface area contributed by atoms with Crippen LogP contribution in [-0.4, -0.2) is 58.8 Å². The fourth-order valence-corrected chi connectivity index (χ4v) is 6.36. The number of halogens is 4. The smallest absolute Gasteiger partial charge is 0.349 e. The van der Waals surface area contributed by atoms with Gasteiger partial charge in [-0.05, 0) is 53.2 Å². The lowest BCUT2D eigenvalue weighted by Gasteiger charge is -2.27. The molecule has 0 unspecified atom stereocenters. The summed E-state index contributed by atoms with van der Waals surface area (Å²) in [5.74, 6) is -0.344. The van der Waals surface area contributed by atoms with Crippen LogP contribution in [0.2, 0.25) is 5.02 Å². The number of carbonyl (C=O) groups excluding carboxylic acids is 1.